The molecule has 1 aliphatic rings. The van der Waals surface area contributed by atoms with Gasteiger partial charge < -0.3 is 4.42 Å². The molecular weight excluding hydrogens is 755 g/mol. The van der Waals surface area contributed by atoms with Crippen molar-refractivity contribution in [2.24, 2.45) is 0 Å². The van der Waals surface area contributed by atoms with E-state index in [4.69, 9.17) is 19.4 Å². The van der Waals surface area contributed by atoms with Gasteiger partial charge in [0.15, 0.2) is 17.5 Å². The van der Waals surface area contributed by atoms with Crippen LogP contribution in [0, 0.1) is 0 Å². The highest BCUT2D eigenvalue weighted by Gasteiger charge is 2.26. The molecule has 9 aromatic carbocycles. The lowest BCUT2D eigenvalue weighted by molar-refractivity contribution is 0.669. The third kappa shape index (κ3) is 6.20. The van der Waals surface area contributed by atoms with Crippen molar-refractivity contribution in [1.29, 1.82) is 0 Å². The average molecular weight is 792 g/mol. The highest BCUT2D eigenvalue weighted by atomic mass is 16.3. The zero-order chi connectivity index (χ0) is 41.0. The molecule has 0 unspecified atom stereocenters. The molecule has 11 aromatic rings. The van der Waals surface area contributed by atoms with Gasteiger partial charge in [0.25, 0.3) is 0 Å². The summed E-state index contributed by atoms with van der Waals surface area (Å²) in [6, 6.07) is 74.9. The van der Waals surface area contributed by atoms with E-state index in [0.717, 1.165) is 50.6 Å². The molecule has 4 nitrogen and oxygen atoms in total. The molecule has 0 aliphatic heterocycles. The lowest BCUT2D eigenvalue weighted by Crippen LogP contribution is -2.00. The van der Waals surface area contributed by atoms with Crippen LogP contribution >= 0.6 is 0 Å². The summed E-state index contributed by atoms with van der Waals surface area (Å²) >= 11 is 0. The van der Waals surface area contributed by atoms with E-state index in [1.807, 2.05) is 72.8 Å². The van der Waals surface area contributed by atoms with Gasteiger partial charge in [0, 0.05) is 27.5 Å². The average Bonchev–Trinajstić information content (AvgIpc) is 3.93. The first-order valence-electron chi connectivity index (χ1n) is 21.1. The van der Waals surface area contributed by atoms with Gasteiger partial charge >= 0.3 is 0 Å². The summed E-state index contributed by atoms with van der Waals surface area (Å²) in [6.07, 6.45) is 0.831. The van der Waals surface area contributed by atoms with Crippen LogP contribution in [0.25, 0.3) is 112 Å². The summed E-state index contributed by atoms with van der Waals surface area (Å²) in [5.41, 5.74) is 19.3. The minimum atomic E-state index is 0.603. The smallest absolute Gasteiger partial charge is 0.164 e. The largest absolute Gasteiger partial charge is 0.456 e. The first kappa shape index (κ1) is 35.7. The number of aromatic nitrogens is 3. The molecule has 0 amide bonds. The third-order valence-corrected chi connectivity index (χ3v) is 12.2. The van der Waals surface area contributed by atoms with E-state index >= 15 is 0 Å². The molecule has 0 spiro atoms. The number of nitrogens with zero attached hydrogens (tertiary/aromatic N) is 3. The molecule has 4 heteroatoms. The molecule has 0 bridgehead atoms. The summed E-state index contributed by atoms with van der Waals surface area (Å²) in [4.78, 5) is 15.2. The number of hydrogen-bond acceptors (Lipinski definition) is 4. The van der Waals surface area contributed by atoms with Crippen LogP contribution in [0.15, 0.2) is 217 Å². The Morgan fingerprint density at radius 2 is 0.742 bits per heavy atom. The fourth-order valence-electron chi connectivity index (χ4n) is 9.26. The van der Waals surface area contributed by atoms with Crippen molar-refractivity contribution in [2.75, 3.05) is 0 Å². The Labute approximate surface area is 359 Å². The van der Waals surface area contributed by atoms with E-state index in [1.165, 1.54) is 61.2 Å². The van der Waals surface area contributed by atoms with Gasteiger partial charge in [-0.05, 0) is 110 Å². The zero-order valence-electron chi connectivity index (χ0n) is 33.7. The summed E-state index contributed by atoms with van der Waals surface area (Å²) < 4.78 is 6.56. The molecule has 0 atom stereocenters. The lowest BCUT2D eigenvalue weighted by atomic mass is 9.90. The fraction of sp³-hybridized carbons (Fsp3) is 0.0172. The second kappa shape index (κ2) is 14.8. The first-order valence-corrected chi connectivity index (χ1v) is 21.1. The Balaban J connectivity index is 0.979. The molecular formula is C58H37N3O. The molecule has 2 heterocycles. The minimum Gasteiger partial charge on any atom is -0.456 e. The Hall–Kier alpha value is -8.21. The molecule has 290 valence electrons. The van der Waals surface area contributed by atoms with Crippen LogP contribution in [0.5, 0.6) is 0 Å². The number of rotatable bonds is 7. The normalized spacial score (nSPS) is 11.8. The molecule has 62 heavy (non-hydrogen) atoms. The Morgan fingerprint density at radius 3 is 1.31 bits per heavy atom. The SMILES string of the molecule is c1ccc(-c2cc(-c3ccccc3)cc(-c3cccc4c3Cc3c(-c5ccc6oc7cccc(-c8nc(-c9ccccc9)nc(-c9ccccc9)n8)c7c6c5)cccc3-4)c2)cc1. The third-order valence-electron chi connectivity index (χ3n) is 12.2. The van der Waals surface area contributed by atoms with Crippen molar-refractivity contribution in [3.63, 3.8) is 0 Å². The fourth-order valence-corrected chi connectivity index (χ4v) is 9.26. The minimum absolute atomic E-state index is 0.603. The van der Waals surface area contributed by atoms with Gasteiger partial charge in [0.05, 0.1) is 0 Å². The maximum Gasteiger partial charge on any atom is 0.164 e. The Bertz CT molecular complexity index is 3350. The second-order valence-electron chi connectivity index (χ2n) is 15.9. The molecule has 0 fully saturated rings. The van der Waals surface area contributed by atoms with Gasteiger partial charge in [-0.25, -0.2) is 15.0 Å². The predicted octanol–water partition coefficient (Wildman–Crippen LogP) is 15.0. The van der Waals surface area contributed by atoms with Gasteiger partial charge in [-0.15, -0.1) is 0 Å². The van der Waals surface area contributed by atoms with E-state index in [2.05, 4.69) is 140 Å². The molecule has 0 saturated heterocycles. The van der Waals surface area contributed by atoms with Crippen LogP contribution in [0.3, 0.4) is 0 Å². The van der Waals surface area contributed by atoms with Crippen molar-refractivity contribution in [3.05, 3.63) is 223 Å². The van der Waals surface area contributed by atoms with Crippen LogP contribution in [-0.4, -0.2) is 15.0 Å². The Morgan fingerprint density at radius 1 is 0.290 bits per heavy atom. The highest BCUT2D eigenvalue weighted by molar-refractivity contribution is 6.13. The zero-order valence-corrected chi connectivity index (χ0v) is 33.7. The lowest BCUT2D eigenvalue weighted by Gasteiger charge is -2.14. The van der Waals surface area contributed by atoms with Crippen molar-refractivity contribution in [1.82, 2.24) is 15.0 Å². The van der Waals surface area contributed by atoms with E-state index in [1.54, 1.807) is 0 Å². The van der Waals surface area contributed by atoms with Gasteiger partial charge in [-0.3, -0.25) is 0 Å². The van der Waals surface area contributed by atoms with Crippen molar-refractivity contribution in [3.8, 4) is 89.8 Å². The van der Waals surface area contributed by atoms with Gasteiger partial charge in [0.2, 0.25) is 0 Å². The van der Waals surface area contributed by atoms with E-state index in [-0.39, 0.29) is 0 Å². The molecule has 2 aromatic heterocycles. The molecule has 1 aliphatic carbocycles. The summed E-state index contributed by atoms with van der Waals surface area (Å²) in [5, 5.41) is 2.01. The first-order chi connectivity index (χ1) is 30.7. The summed E-state index contributed by atoms with van der Waals surface area (Å²) in [6.45, 7) is 0. The van der Waals surface area contributed by atoms with E-state index < -0.39 is 0 Å². The van der Waals surface area contributed by atoms with Gasteiger partial charge in [-0.2, -0.15) is 0 Å². The summed E-state index contributed by atoms with van der Waals surface area (Å²) in [7, 11) is 0. The van der Waals surface area contributed by atoms with E-state index in [9.17, 15) is 0 Å². The second-order valence-corrected chi connectivity index (χ2v) is 15.9. The predicted molar refractivity (Wildman–Crippen MR) is 253 cm³/mol. The van der Waals surface area contributed by atoms with Crippen LogP contribution in [0.2, 0.25) is 0 Å². The number of hydrogen-bond donors (Lipinski definition) is 0. The molecule has 0 radical (unpaired) electrons. The highest BCUT2D eigenvalue weighted by Crippen LogP contribution is 2.47. The van der Waals surface area contributed by atoms with Crippen LogP contribution in [0.1, 0.15) is 11.1 Å². The number of fused-ring (bicyclic) bond motifs is 6. The van der Waals surface area contributed by atoms with E-state index in [0.29, 0.717) is 17.5 Å². The topological polar surface area (TPSA) is 51.8 Å². The van der Waals surface area contributed by atoms with Gasteiger partial charge in [-0.1, -0.05) is 176 Å². The monoisotopic (exact) mass is 791 g/mol. The molecule has 12 rings (SSSR count). The maximum atomic E-state index is 6.56. The van der Waals surface area contributed by atoms with Crippen LogP contribution in [0.4, 0.5) is 0 Å². The standard InChI is InChI=1S/C58H37N3O/c1-5-16-37(17-6-1)42-32-43(38-18-7-2-8-19-38)34-44(33-42)46-25-14-27-48-47-26-13-24-45(50(47)36-51(46)48)41-30-31-53-52(35-41)55-49(28-15-29-54(55)62-53)58-60-56(39-20-9-3-10-21-39)59-57(61-58)40-22-11-4-12-23-40/h1-35H,36H2. The van der Waals surface area contributed by atoms with Crippen LogP contribution < -0.4 is 0 Å². The molecule has 0 saturated carbocycles. The van der Waals surface area contributed by atoms with Gasteiger partial charge in [0.1, 0.15) is 11.2 Å². The van der Waals surface area contributed by atoms with Crippen LogP contribution in [-0.2, 0) is 6.42 Å². The maximum absolute atomic E-state index is 6.56. The number of benzene rings is 9. The number of furan rings is 1. The molecule has 0 N–H and O–H groups in total. The quantitative estimate of drug-likeness (QED) is 0.161. The van der Waals surface area contributed by atoms with Crippen molar-refractivity contribution < 1.29 is 4.42 Å². The van der Waals surface area contributed by atoms with Crippen molar-refractivity contribution >= 4 is 21.9 Å². The Kier molecular flexibility index (Phi) is 8.53. The van der Waals surface area contributed by atoms with Crippen molar-refractivity contribution in [2.45, 2.75) is 6.42 Å². The summed E-state index contributed by atoms with van der Waals surface area (Å²) in [5.74, 6) is 1.86.